The monoisotopic (exact) mass is 395 g/mol. The zero-order valence-corrected chi connectivity index (χ0v) is 16.3. The van der Waals surface area contributed by atoms with Crippen molar-refractivity contribution in [1.29, 1.82) is 0 Å². The van der Waals surface area contributed by atoms with E-state index in [1.807, 2.05) is 42.5 Å². The number of ether oxygens (including phenoxy) is 1. The lowest BCUT2D eigenvalue weighted by atomic mass is 10.0. The molecule has 29 heavy (non-hydrogen) atoms. The number of aliphatic carboxylic acids is 1. The molecule has 3 aromatic rings. The smallest absolute Gasteiger partial charge is 0.322 e. The molecule has 0 bridgehead atoms. The highest BCUT2D eigenvalue weighted by Gasteiger charge is 2.17. The van der Waals surface area contributed by atoms with Gasteiger partial charge in [0.2, 0.25) is 0 Å². The van der Waals surface area contributed by atoms with E-state index in [0.717, 1.165) is 40.6 Å². The number of nitrogens with two attached hydrogens (primary N) is 1. The first-order valence-corrected chi connectivity index (χ1v) is 9.61. The topological polar surface area (TPSA) is 117 Å². The zero-order chi connectivity index (χ0) is 20.8. The van der Waals surface area contributed by atoms with Crippen molar-refractivity contribution in [1.82, 2.24) is 10.3 Å². The molecule has 5 N–H and O–H groups in total. The van der Waals surface area contributed by atoms with Crippen molar-refractivity contribution in [2.24, 2.45) is 5.73 Å². The molecule has 1 heterocycles. The molecule has 7 heteroatoms. The fraction of sp³-hybridized carbons (Fsp3) is 0.273. The van der Waals surface area contributed by atoms with Crippen molar-refractivity contribution in [3.05, 3.63) is 54.2 Å². The van der Waals surface area contributed by atoms with Crippen LogP contribution >= 0.6 is 0 Å². The summed E-state index contributed by atoms with van der Waals surface area (Å²) in [6, 6.07) is 14.2. The summed E-state index contributed by atoms with van der Waals surface area (Å²) in [6.07, 6.45) is 2.03. The quantitative estimate of drug-likeness (QED) is 0.415. The standard InChI is InChI=1S/C22H25N3O4/c1-2-3-11-29-20-10-5-4-7-15(20)14-8-6-9-18-16(14)12-19(25-18)21(26)24-13-17(23)22(27)28/h4-10,12,17,25H,2-3,11,13,23H2,1H3,(H,24,26)(H,27,28). The number of H-pyrrole nitrogens is 1. The normalized spacial score (nSPS) is 11.9. The van der Waals surface area contributed by atoms with Gasteiger partial charge in [-0.2, -0.15) is 0 Å². The van der Waals surface area contributed by atoms with Gasteiger partial charge in [-0.3, -0.25) is 9.59 Å². The molecule has 0 aliphatic rings. The number of carboxylic acid groups (broad SMARTS) is 1. The van der Waals surface area contributed by atoms with Gasteiger partial charge in [-0.1, -0.05) is 43.7 Å². The van der Waals surface area contributed by atoms with E-state index >= 15 is 0 Å². The fourth-order valence-electron chi connectivity index (χ4n) is 3.04. The molecule has 1 amide bonds. The van der Waals surface area contributed by atoms with Crippen LogP contribution in [0.1, 0.15) is 30.3 Å². The minimum atomic E-state index is -1.16. The van der Waals surface area contributed by atoms with Crippen molar-refractivity contribution in [3.63, 3.8) is 0 Å². The van der Waals surface area contributed by atoms with Crippen LogP contribution in [0.2, 0.25) is 0 Å². The van der Waals surface area contributed by atoms with Crippen LogP contribution in [0.5, 0.6) is 5.75 Å². The van der Waals surface area contributed by atoms with Crippen LogP contribution in [0.4, 0.5) is 0 Å². The molecular formula is C22H25N3O4. The molecule has 0 fully saturated rings. The van der Waals surface area contributed by atoms with Gasteiger partial charge in [0.15, 0.2) is 0 Å². The number of hydrogen-bond acceptors (Lipinski definition) is 4. The first-order chi connectivity index (χ1) is 14.0. The predicted molar refractivity (Wildman–Crippen MR) is 112 cm³/mol. The Hall–Kier alpha value is -3.32. The van der Waals surface area contributed by atoms with E-state index in [0.29, 0.717) is 12.3 Å². The lowest BCUT2D eigenvalue weighted by Crippen LogP contribution is -2.42. The second-order valence-corrected chi connectivity index (χ2v) is 6.80. The second kappa shape index (κ2) is 9.25. The van der Waals surface area contributed by atoms with E-state index in [2.05, 4.69) is 17.2 Å². The summed E-state index contributed by atoms with van der Waals surface area (Å²) < 4.78 is 5.96. The number of carbonyl (C=O) groups is 2. The molecular weight excluding hydrogens is 370 g/mol. The molecule has 1 aromatic heterocycles. The number of unbranched alkanes of at least 4 members (excludes halogenated alkanes) is 1. The van der Waals surface area contributed by atoms with E-state index in [4.69, 9.17) is 15.6 Å². The van der Waals surface area contributed by atoms with E-state index < -0.39 is 17.9 Å². The third kappa shape index (κ3) is 4.75. The number of para-hydroxylation sites is 1. The number of fused-ring (bicyclic) bond motifs is 1. The number of aromatic nitrogens is 1. The number of rotatable bonds is 9. The third-order valence-electron chi connectivity index (χ3n) is 4.64. The molecule has 1 atom stereocenters. The first kappa shape index (κ1) is 20.4. The minimum absolute atomic E-state index is 0.148. The number of amides is 1. The summed E-state index contributed by atoms with van der Waals surface area (Å²) in [5, 5.41) is 12.3. The maximum absolute atomic E-state index is 12.4. The SMILES string of the molecule is CCCCOc1ccccc1-c1cccc2[nH]c(C(=O)NCC(N)C(=O)O)cc12. The summed E-state index contributed by atoms with van der Waals surface area (Å²) >= 11 is 0. The highest BCUT2D eigenvalue weighted by atomic mass is 16.5. The Bertz CT molecular complexity index is 1010. The van der Waals surface area contributed by atoms with Crippen LogP contribution in [0.25, 0.3) is 22.0 Å². The van der Waals surface area contributed by atoms with Crippen molar-refractivity contribution in [2.45, 2.75) is 25.8 Å². The van der Waals surface area contributed by atoms with E-state index in [-0.39, 0.29) is 6.54 Å². The Kier molecular flexibility index (Phi) is 6.51. The average molecular weight is 395 g/mol. The number of aromatic amines is 1. The lowest BCUT2D eigenvalue weighted by Gasteiger charge is -2.12. The Morgan fingerprint density at radius 1 is 1.17 bits per heavy atom. The summed E-state index contributed by atoms with van der Waals surface area (Å²) in [4.78, 5) is 26.3. The molecule has 3 rings (SSSR count). The highest BCUT2D eigenvalue weighted by Crippen LogP contribution is 2.35. The van der Waals surface area contributed by atoms with Gasteiger partial charge >= 0.3 is 5.97 Å². The number of hydrogen-bond donors (Lipinski definition) is 4. The molecule has 1 unspecified atom stereocenters. The van der Waals surface area contributed by atoms with E-state index in [1.54, 1.807) is 6.07 Å². The summed E-state index contributed by atoms with van der Waals surface area (Å²) in [6.45, 7) is 2.62. The first-order valence-electron chi connectivity index (χ1n) is 9.61. The zero-order valence-electron chi connectivity index (χ0n) is 16.3. The predicted octanol–water partition coefficient (Wildman–Crippen LogP) is 3.16. The Balaban J connectivity index is 1.90. The van der Waals surface area contributed by atoms with Gasteiger partial charge in [0.05, 0.1) is 6.61 Å². The molecule has 2 aromatic carbocycles. The van der Waals surface area contributed by atoms with Gasteiger partial charge < -0.3 is 25.9 Å². The fourth-order valence-corrected chi connectivity index (χ4v) is 3.04. The van der Waals surface area contributed by atoms with Gasteiger partial charge in [0.1, 0.15) is 17.5 Å². The van der Waals surface area contributed by atoms with Crippen LogP contribution in [-0.2, 0) is 4.79 Å². The number of nitrogens with one attached hydrogen (secondary N) is 2. The maximum atomic E-state index is 12.4. The molecule has 7 nitrogen and oxygen atoms in total. The molecule has 0 saturated carbocycles. The van der Waals surface area contributed by atoms with Crippen molar-refractivity contribution in [2.75, 3.05) is 13.2 Å². The molecule has 0 saturated heterocycles. The highest BCUT2D eigenvalue weighted by molar-refractivity contribution is 6.03. The van der Waals surface area contributed by atoms with E-state index in [1.165, 1.54) is 0 Å². The Morgan fingerprint density at radius 2 is 1.93 bits per heavy atom. The maximum Gasteiger partial charge on any atom is 0.322 e. The van der Waals surface area contributed by atoms with Crippen LogP contribution in [-0.4, -0.2) is 41.2 Å². The van der Waals surface area contributed by atoms with Crippen LogP contribution in [0.15, 0.2) is 48.5 Å². The van der Waals surface area contributed by atoms with Gasteiger partial charge in [-0.15, -0.1) is 0 Å². The van der Waals surface area contributed by atoms with Gasteiger partial charge in [0.25, 0.3) is 5.91 Å². The molecule has 0 spiro atoms. The van der Waals surface area contributed by atoms with Gasteiger partial charge in [0, 0.05) is 23.0 Å². The molecule has 0 aliphatic heterocycles. The van der Waals surface area contributed by atoms with Crippen LogP contribution < -0.4 is 15.8 Å². The number of carbonyl (C=O) groups excluding carboxylic acids is 1. The molecule has 0 aliphatic carbocycles. The number of carboxylic acids is 1. The summed E-state index contributed by atoms with van der Waals surface area (Å²) in [5.74, 6) is -0.770. The second-order valence-electron chi connectivity index (χ2n) is 6.80. The van der Waals surface area contributed by atoms with Crippen molar-refractivity contribution >= 4 is 22.8 Å². The van der Waals surface area contributed by atoms with Gasteiger partial charge in [-0.25, -0.2) is 0 Å². The van der Waals surface area contributed by atoms with Gasteiger partial charge in [-0.05, 0) is 30.2 Å². The van der Waals surface area contributed by atoms with Crippen molar-refractivity contribution < 1.29 is 19.4 Å². The summed E-state index contributed by atoms with van der Waals surface area (Å²) in [5.41, 5.74) is 8.50. The van der Waals surface area contributed by atoms with E-state index in [9.17, 15) is 9.59 Å². The number of benzene rings is 2. The molecule has 152 valence electrons. The minimum Gasteiger partial charge on any atom is -0.493 e. The van der Waals surface area contributed by atoms with Crippen molar-refractivity contribution in [3.8, 4) is 16.9 Å². The average Bonchev–Trinajstić information content (AvgIpc) is 3.17. The third-order valence-corrected chi connectivity index (χ3v) is 4.64. The van der Waals surface area contributed by atoms with Crippen LogP contribution in [0.3, 0.4) is 0 Å². The molecule has 0 radical (unpaired) electrons. The Morgan fingerprint density at radius 3 is 2.69 bits per heavy atom. The summed E-state index contributed by atoms with van der Waals surface area (Å²) in [7, 11) is 0. The largest absolute Gasteiger partial charge is 0.493 e. The van der Waals surface area contributed by atoms with Crippen LogP contribution in [0, 0.1) is 0 Å². The lowest BCUT2D eigenvalue weighted by molar-refractivity contribution is -0.138. The Labute approximate surface area is 168 Å².